The minimum absolute atomic E-state index is 0.0432. The van der Waals surface area contributed by atoms with Crippen LogP contribution in [0.3, 0.4) is 0 Å². The van der Waals surface area contributed by atoms with Crippen LogP contribution in [0.4, 0.5) is 5.69 Å². The number of hydrogen-bond acceptors (Lipinski definition) is 4. The van der Waals surface area contributed by atoms with Gasteiger partial charge in [-0.3, -0.25) is 14.4 Å². The van der Waals surface area contributed by atoms with Crippen LogP contribution in [0.5, 0.6) is 0 Å². The number of carbonyl (C=O) groups is 3. The molecule has 2 N–H and O–H groups in total. The van der Waals surface area contributed by atoms with Gasteiger partial charge in [-0.2, -0.15) is 0 Å². The molecule has 1 unspecified atom stereocenters. The second-order valence-corrected chi connectivity index (χ2v) is 6.41. The standard InChI is InChI=1S/C19H27N3O4/c1-3-4-10-22-13-15(12-17(22)23)19(25)21-16-7-5-14(6-8-16)18(24)20-9-11-26-2/h5-8,15H,3-4,9-13H2,1-2H3,(H,20,24)(H,21,25). The largest absolute Gasteiger partial charge is 0.383 e. The Hall–Kier alpha value is -2.41. The highest BCUT2D eigenvalue weighted by atomic mass is 16.5. The van der Waals surface area contributed by atoms with Crippen LogP contribution in [0, 0.1) is 5.92 Å². The number of rotatable bonds is 9. The first kappa shape index (κ1) is 19.9. The first-order valence-electron chi connectivity index (χ1n) is 9.01. The molecule has 1 atom stereocenters. The molecule has 1 aliphatic heterocycles. The highest BCUT2D eigenvalue weighted by Gasteiger charge is 2.33. The van der Waals surface area contributed by atoms with E-state index in [1.54, 1.807) is 36.3 Å². The Balaban J connectivity index is 1.85. The maximum Gasteiger partial charge on any atom is 0.251 e. The summed E-state index contributed by atoms with van der Waals surface area (Å²) in [5.74, 6) is -0.624. The first-order chi connectivity index (χ1) is 12.5. The summed E-state index contributed by atoms with van der Waals surface area (Å²) in [6.45, 7) is 4.16. The number of likely N-dealkylation sites (tertiary alicyclic amines) is 1. The zero-order valence-electron chi connectivity index (χ0n) is 15.4. The topological polar surface area (TPSA) is 87.7 Å². The number of carbonyl (C=O) groups excluding carboxylic acids is 3. The Bertz CT molecular complexity index is 630. The van der Waals surface area contributed by atoms with Crippen molar-refractivity contribution in [1.29, 1.82) is 0 Å². The highest BCUT2D eigenvalue weighted by Crippen LogP contribution is 2.20. The molecule has 0 radical (unpaired) electrons. The van der Waals surface area contributed by atoms with E-state index >= 15 is 0 Å². The van der Waals surface area contributed by atoms with Crippen molar-refractivity contribution in [3.05, 3.63) is 29.8 Å². The number of unbranched alkanes of at least 4 members (excludes halogenated alkanes) is 1. The van der Waals surface area contributed by atoms with Gasteiger partial charge >= 0.3 is 0 Å². The van der Waals surface area contributed by atoms with E-state index in [9.17, 15) is 14.4 Å². The summed E-state index contributed by atoms with van der Waals surface area (Å²) in [4.78, 5) is 38.0. The van der Waals surface area contributed by atoms with E-state index in [-0.39, 0.29) is 30.1 Å². The summed E-state index contributed by atoms with van der Waals surface area (Å²) in [5, 5.41) is 5.57. The monoisotopic (exact) mass is 361 g/mol. The fourth-order valence-electron chi connectivity index (χ4n) is 2.83. The van der Waals surface area contributed by atoms with Crippen molar-refractivity contribution >= 4 is 23.4 Å². The number of nitrogens with one attached hydrogen (secondary N) is 2. The molecule has 3 amide bonds. The molecule has 142 valence electrons. The van der Waals surface area contributed by atoms with Crippen molar-refractivity contribution in [2.45, 2.75) is 26.2 Å². The number of amides is 3. The van der Waals surface area contributed by atoms with Gasteiger partial charge in [-0.05, 0) is 30.7 Å². The van der Waals surface area contributed by atoms with Crippen LogP contribution in [-0.2, 0) is 14.3 Å². The second kappa shape index (κ2) is 9.91. The summed E-state index contributed by atoms with van der Waals surface area (Å²) >= 11 is 0. The van der Waals surface area contributed by atoms with Gasteiger partial charge in [0.25, 0.3) is 5.91 Å². The van der Waals surface area contributed by atoms with Crippen molar-refractivity contribution in [3.8, 4) is 0 Å². The van der Waals surface area contributed by atoms with Crippen LogP contribution >= 0.6 is 0 Å². The lowest BCUT2D eigenvalue weighted by molar-refractivity contribution is -0.128. The predicted octanol–water partition coefficient (Wildman–Crippen LogP) is 1.65. The van der Waals surface area contributed by atoms with Crippen LogP contribution in [0.1, 0.15) is 36.5 Å². The van der Waals surface area contributed by atoms with E-state index in [1.807, 2.05) is 0 Å². The predicted molar refractivity (Wildman–Crippen MR) is 98.9 cm³/mol. The molecule has 1 aromatic rings. The van der Waals surface area contributed by atoms with E-state index in [4.69, 9.17) is 4.74 Å². The number of benzene rings is 1. The summed E-state index contributed by atoms with van der Waals surface area (Å²) in [6, 6.07) is 6.69. The molecule has 1 heterocycles. The third-order valence-electron chi connectivity index (χ3n) is 4.37. The number of ether oxygens (including phenoxy) is 1. The molecular weight excluding hydrogens is 334 g/mol. The van der Waals surface area contributed by atoms with Crippen LogP contribution in [-0.4, -0.2) is 56.0 Å². The lowest BCUT2D eigenvalue weighted by atomic mass is 10.1. The Labute approximate surface area is 154 Å². The maximum atomic E-state index is 12.4. The molecule has 0 aliphatic carbocycles. The van der Waals surface area contributed by atoms with Crippen molar-refractivity contribution < 1.29 is 19.1 Å². The second-order valence-electron chi connectivity index (χ2n) is 6.41. The Morgan fingerprint density at radius 2 is 2.00 bits per heavy atom. The molecule has 1 saturated heterocycles. The Morgan fingerprint density at radius 1 is 1.27 bits per heavy atom. The van der Waals surface area contributed by atoms with Gasteiger partial charge < -0.3 is 20.3 Å². The fraction of sp³-hybridized carbons (Fsp3) is 0.526. The normalized spacial score (nSPS) is 16.6. The van der Waals surface area contributed by atoms with Gasteiger partial charge in [0, 0.05) is 44.4 Å². The van der Waals surface area contributed by atoms with Gasteiger partial charge in [0.1, 0.15) is 0 Å². The molecule has 0 bridgehead atoms. The molecule has 1 aliphatic rings. The van der Waals surface area contributed by atoms with E-state index < -0.39 is 0 Å². The molecule has 26 heavy (non-hydrogen) atoms. The van der Waals surface area contributed by atoms with Gasteiger partial charge in [-0.25, -0.2) is 0 Å². The molecular formula is C19H27N3O4. The Kier molecular flexibility index (Phi) is 7.59. The SMILES string of the molecule is CCCCN1CC(C(=O)Nc2ccc(C(=O)NCCOC)cc2)CC1=O. The molecule has 7 heteroatoms. The minimum atomic E-state index is -0.323. The zero-order chi connectivity index (χ0) is 18.9. The average Bonchev–Trinajstić information content (AvgIpc) is 3.01. The third-order valence-corrected chi connectivity index (χ3v) is 4.37. The van der Waals surface area contributed by atoms with Crippen molar-refractivity contribution in [2.75, 3.05) is 38.7 Å². The Morgan fingerprint density at radius 3 is 2.65 bits per heavy atom. The van der Waals surface area contributed by atoms with Crippen molar-refractivity contribution in [1.82, 2.24) is 10.2 Å². The molecule has 0 aromatic heterocycles. The minimum Gasteiger partial charge on any atom is -0.383 e. The van der Waals surface area contributed by atoms with Crippen LogP contribution in [0.25, 0.3) is 0 Å². The molecule has 1 aromatic carbocycles. The van der Waals surface area contributed by atoms with Gasteiger partial charge in [-0.1, -0.05) is 13.3 Å². The lowest BCUT2D eigenvalue weighted by Crippen LogP contribution is -2.29. The van der Waals surface area contributed by atoms with E-state index in [2.05, 4.69) is 17.6 Å². The average molecular weight is 361 g/mol. The van der Waals surface area contributed by atoms with E-state index in [0.29, 0.717) is 37.5 Å². The summed E-state index contributed by atoms with van der Waals surface area (Å²) in [7, 11) is 1.57. The van der Waals surface area contributed by atoms with E-state index in [0.717, 1.165) is 12.8 Å². The number of anilines is 1. The molecule has 2 rings (SSSR count). The number of hydrogen-bond donors (Lipinski definition) is 2. The highest BCUT2D eigenvalue weighted by molar-refractivity contribution is 5.98. The van der Waals surface area contributed by atoms with Crippen molar-refractivity contribution in [2.24, 2.45) is 5.92 Å². The van der Waals surface area contributed by atoms with E-state index in [1.165, 1.54) is 0 Å². The molecule has 1 fully saturated rings. The fourth-order valence-corrected chi connectivity index (χ4v) is 2.83. The quantitative estimate of drug-likeness (QED) is 0.655. The summed E-state index contributed by atoms with van der Waals surface area (Å²) in [6.07, 6.45) is 2.23. The maximum absolute atomic E-state index is 12.4. The molecule has 0 spiro atoms. The third kappa shape index (κ3) is 5.56. The first-order valence-corrected chi connectivity index (χ1v) is 9.01. The van der Waals surface area contributed by atoms with Gasteiger partial charge in [-0.15, -0.1) is 0 Å². The van der Waals surface area contributed by atoms with Gasteiger partial charge in [0.05, 0.1) is 12.5 Å². The smallest absolute Gasteiger partial charge is 0.251 e. The lowest BCUT2D eigenvalue weighted by Gasteiger charge is -2.16. The number of nitrogens with zero attached hydrogens (tertiary/aromatic N) is 1. The van der Waals surface area contributed by atoms with Crippen LogP contribution in [0.15, 0.2) is 24.3 Å². The molecule has 7 nitrogen and oxygen atoms in total. The zero-order valence-corrected chi connectivity index (χ0v) is 15.4. The van der Waals surface area contributed by atoms with Crippen molar-refractivity contribution in [3.63, 3.8) is 0 Å². The number of methoxy groups -OCH3 is 1. The summed E-state index contributed by atoms with van der Waals surface area (Å²) in [5.41, 5.74) is 1.13. The molecule has 0 saturated carbocycles. The van der Waals surface area contributed by atoms with Gasteiger partial charge in [0.15, 0.2) is 0 Å². The van der Waals surface area contributed by atoms with Crippen LogP contribution < -0.4 is 10.6 Å². The van der Waals surface area contributed by atoms with Gasteiger partial charge in [0.2, 0.25) is 11.8 Å². The summed E-state index contributed by atoms with van der Waals surface area (Å²) < 4.78 is 4.89. The van der Waals surface area contributed by atoms with Crippen LogP contribution in [0.2, 0.25) is 0 Å².